The van der Waals surface area contributed by atoms with Gasteiger partial charge in [-0.15, -0.1) is 0 Å². The highest BCUT2D eigenvalue weighted by Crippen LogP contribution is 2.39. The van der Waals surface area contributed by atoms with Gasteiger partial charge in [0.1, 0.15) is 11.6 Å². The van der Waals surface area contributed by atoms with Crippen LogP contribution in [0, 0.1) is 24.6 Å². The molecule has 2 aromatic carbocycles. The van der Waals surface area contributed by atoms with Crippen molar-refractivity contribution in [2.75, 3.05) is 5.01 Å². The van der Waals surface area contributed by atoms with Crippen LogP contribution < -0.4 is 10.9 Å². The van der Waals surface area contributed by atoms with E-state index in [9.17, 15) is 9.18 Å². The van der Waals surface area contributed by atoms with Gasteiger partial charge in [-0.3, -0.25) is 4.79 Å². The van der Waals surface area contributed by atoms with Gasteiger partial charge in [0.25, 0.3) is 0 Å². The van der Waals surface area contributed by atoms with Crippen LogP contribution in [0.4, 0.5) is 10.2 Å². The molecule has 0 bridgehead atoms. The van der Waals surface area contributed by atoms with E-state index in [1.807, 2.05) is 38.1 Å². The lowest BCUT2D eigenvalue weighted by molar-refractivity contribution is -0.120. The van der Waals surface area contributed by atoms with Gasteiger partial charge in [0.15, 0.2) is 0 Å². The van der Waals surface area contributed by atoms with Gasteiger partial charge in [0.2, 0.25) is 5.91 Å². The van der Waals surface area contributed by atoms with Gasteiger partial charge in [0, 0.05) is 17.5 Å². The molecule has 1 aromatic heterocycles. The summed E-state index contributed by atoms with van der Waals surface area (Å²) in [4.78, 5) is 16.6. The Kier molecular flexibility index (Phi) is 3.96. The molecule has 1 aliphatic rings. The van der Waals surface area contributed by atoms with E-state index < -0.39 is 0 Å². The van der Waals surface area contributed by atoms with Crippen LogP contribution in [-0.2, 0) is 4.79 Å². The number of nitrogens with two attached hydrogens (primary N) is 1. The monoisotopic (exact) mass is 349 g/mol. The second-order valence-electron chi connectivity index (χ2n) is 7.09. The van der Waals surface area contributed by atoms with Crippen molar-refractivity contribution in [3.63, 3.8) is 0 Å². The molecule has 0 spiro atoms. The number of carbonyl (C=O) groups is 1. The van der Waals surface area contributed by atoms with E-state index in [0.29, 0.717) is 11.7 Å². The van der Waals surface area contributed by atoms with E-state index in [1.165, 1.54) is 12.1 Å². The molecule has 132 valence electrons. The van der Waals surface area contributed by atoms with Crippen LogP contribution in [0.3, 0.4) is 0 Å². The number of hydrogen-bond acceptors (Lipinski definition) is 3. The Bertz CT molecular complexity index is 1020. The molecule has 2 N–H and O–H groups in total. The minimum Gasteiger partial charge on any atom is -0.273 e. The molecule has 1 heterocycles. The normalized spacial score (nSPS) is 18.8. The zero-order valence-corrected chi connectivity index (χ0v) is 14.7. The largest absolute Gasteiger partial charge is 0.273 e. The van der Waals surface area contributed by atoms with Gasteiger partial charge in [-0.05, 0) is 65.6 Å². The summed E-state index contributed by atoms with van der Waals surface area (Å²) < 4.78 is 13.6. The number of rotatable bonds is 3. The van der Waals surface area contributed by atoms with Crippen LogP contribution in [0.1, 0.15) is 18.9 Å². The van der Waals surface area contributed by atoms with Crippen molar-refractivity contribution in [1.29, 1.82) is 0 Å². The average Bonchev–Trinajstić information content (AvgIpc) is 3.38. The minimum absolute atomic E-state index is 0.0100. The fraction of sp³-hybridized carbons (Fsp3) is 0.238. The summed E-state index contributed by atoms with van der Waals surface area (Å²) in [6.45, 7) is 4.00. The van der Waals surface area contributed by atoms with Crippen LogP contribution in [0.25, 0.3) is 21.9 Å². The SMILES string of the molecule is Cc1ccc(F)cc1-c1ccc2cc(N(N)C(=O)C3CC3C)ncc2c1. The van der Waals surface area contributed by atoms with E-state index in [1.54, 1.807) is 12.3 Å². The fourth-order valence-electron chi connectivity index (χ4n) is 3.29. The van der Waals surface area contributed by atoms with E-state index in [2.05, 4.69) is 4.98 Å². The molecule has 1 aliphatic carbocycles. The highest BCUT2D eigenvalue weighted by Gasteiger charge is 2.41. The first-order valence-corrected chi connectivity index (χ1v) is 8.69. The maximum absolute atomic E-state index is 13.6. The zero-order chi connectivity index (χ0) is 18.4. The lowest BCUT2D eigenvalue weighted by atomic mass is 9.98. The van der Waals surface area contributed by atoms with Crippen LogP contribution >= 0.6 is 0 Å². The third-order valence-electron chi connectivity index (χ3n) is 5.13. The van der Waals surface area contributed by atoms with E-state index in [-0.39, 0.29) is 17.6 Å². The summed E-state index contributed by atoms with van der Waals surface area (Å²) in [5.41, 5.74) is 2.79. The van der Waals surface area contributed by atoms with Crippen molar-refractivity contribution >= 4 is 22.5 Å². The maximum Gasteiger partial charge on any atom is 0.245 e. The Balaban J connectivity index is 1.68. The van der Waals surface area contributed by atoms with Gasteiger partial charge >= 0.3 is 0 Å². The molecule has 2 unspecified atom stereocenters. The number of aromatic nitrogens is 1. The zero-order valence-electron chi connectivity index (χ0n) is 14.7. The topological polar surface area (TPSA) is 59.2 Å². The molecule has 1 fully saturated rings. The maximum atomic E-state index is 13.6. The first-order chi connectivity index (χ1) is 12.4. The highest BCUT2D eigenvalue weighted by molar-refractivity contribution is 5.97. The Morgan fingerprint density at radius 2 is 1.96 bits per heavy atom. The Hall–Kier alpha value is -2.79. The highest BCUT2D eigenvalue weighted by atomic mass is 19.1. The van der Waals surface area contributed by atoms with Crippen molar-refractivity contribution in [2.45, 2.75) is 20.3 Å². The molecule has 0 radical (unpaired) electrons. The molecule has 4 rings (SSSR count). The molecular formula is C21H20FN3O. The first-order valence-electron chi connectivity index (χ1n) is 8.69. The number of halogens is 1. The number of hydrogen-bond donors (Lipinski definition) is 1. The molecule has 1 amide bonds. The van der Waals surface area contributed by atoms with Crippen molar-refractivity contribution in [1.82, 2.24) is 4.98 Å². The number of fused-ring (bicyclic) bond motifs is 1. The Labute approximate surface area is 151 Å². The summed E-state index contributed by atoms with van der Waals surface area (Å²) in [6.07, 6.45) is 2.59. The number of nitrogens with zero attached hydrogens (tertiary/aromatic N) is 2. The smallest absolute Gasteiger partial charge is 0.245 e. The quantitative estimate of drug-likeness (QED) is 0.438. The van der Waals surface area contributed by atoms with E-state index >= 15 is 0 Å². The summed E-state index contributed by atoms with van der Waals surface area (Å²) in [5, 5.41) is 2.99. The fourth-order valence-corrected chi connectivity index (χ4v) is 3.29. The van der Waals surface area contributed by atoms with E-state index in [4.69, 9.17) is 5.84 Å². The second kappa shape index (κ2) is 6.18. The predicted molar refractivity (Wildman–Crippen MR) is 101 cm³/mol. The summed E-state index contributed by atoms with van der Waals surface area (Å²) in [6, 6.07) is 12.4. The van der Waals surface area contributed by atoms with Gasteiger partial charge in [0.05, 0.1) is 0 Å². The summed E-state index contributed by atoms with van der Waals surface area (Å²) in [5.74, 6) is 6.47. The molecular weight excluding hydrogens is 329 g/mol. The summed E-state index contributed by atoms with van der Waals surface area (Å²) in [7, 11) is 0. The number of amides is 1. The van der Waals surface area contributed by atoms with Crippen LogP contribution in [0.5, 0.6) is 0 Å². The standard InChI is InChI=1S/C21H20FN3O/c1-12-3-6-17(22)10-18(12)15-5-4-14-9-20(24-11-16(14)8-15)25(23)21(26)19-7-13(19)2/h3-6,8-11,13,19H,7,23H2,1-2H3. The van der Waals surface area contributed by atoms with Gasteiger partial charge < -0.3 is 0 Å². The lowest BCUT2D eigenvalue weighted by Crippen LogP contribution is -2.39. The van der Waals surface area contributed by atoms with E-state index in [0.717, 1.165) is 38.9 Å². The van der Waals surface area contributed by atoms with Crippen molar-refractivity contribution in [3.05, 3.63) is 60.0 Å². The Morgan fingerprint density at radius 1 is 1.19 bits per heavy atom. The Morgan fingerprint density at radius 3 is 2.69 bits per heavy atom. The second-order valence-corrected chi connectivity index (χ2v) is 7.09. The van der Waals surface area contributed by atoms with Gasteiger partial charge in [-0.1, -0.05) is 25.1 Å². The van der Waals surface area contributed by atoms with Gasteiger partial charge in [-0.25, -0.2) is 20.2 Å². The lowest BCUT2D eigenvalue weighted by Gasteiger charge is -2.16. The average molecular weight is 349 g/mol. The third kappa shape index (κ3) is 2.95. The van der Waals surface area contributed by atoms with Crippen molar-refractivity contribution < 1.29 is 9.18 Å². The number of aryl methyl sites for hydroxylation is 1. The van der Waals surface area contributed by atoms with Crippen LogP contribution in [0.15, 0.2) is 48.7 Å². The molecule has 5 heteroatoms. The molecule has 0 saturated heterocycles. The van der Waals surface area contributed by atoms with Crippen molar-refractivity contribution in [2.24, 2.45) is 17.7 Å². The number of carbonyl (C=O) groups excluding carboxylic acids is 1. The predicted octanol–water partition coefficient (Wildman–Crippen LogP) is 4.21. The molecule has 0 aliphatic heterocycles. The number of benzene rings is 2. The molecule has 26 heavy (non-hydrogen) atoms. The first kappa shape index (κ1) is 16.7. The van der Waals surface area contributed by atoms with Crippen molar-refractivity contribution in [3.8, 4) is 11.1 Å². The molecule has 2 atom stereocenters. The van der Waals surface area contributed by atoms with Crippen LogP contribution in [-0.4, -0.2) is 10.9 Å². The van der Waals surface area contributed by atoms with Gasteiger partial charge in [-0.2, -0.15) is 0 Å². The number of anilines is 1. The molecule has 4 nitrogen and oxygen atoms in total. The third-order valence-corrected chi connectivity index (χ3v) is 5.13. The molecule has 3 aromatic rings. The number of pyridine rings is 1. The number of hydrazine groups is 1. The summed E-state index contributed by atoms with van der Waals surface area (Å²) >= 11 is 0. The van der Waals surface area contributed by atoms with Crippen LogP contribution in [0.2, 0.25) is 0 Å². The minimum atomic E-state index is -0.259. The molecule has 1 saturated carbocycles.